The van der Waals surface area contributed by atoms with Crippen LogP contribution < -0.4 is 16.0 Å². The first-order valence-corrected chi connectivity index (χ1v) is 14.2. The summed E-state index contributed by atoms with van der Waals surface area (Å²) in [5.74, 6) is -0.902. The summed E-state index contributed by atoms with van der Waals surface area (Å²) in [6.45, 7) is 7.00. The molecule has 0 radical (unpaired) electrons. The number of aromatic nitrogens is 1. The van der Waals surface area contributed by atoms with Crippen molar-refractivity contribution in [1.82, 2.24) is 14.8 Å². The van der Waals surface area contributed by atoms with Crippen molar-refractivity contribution in [2.75, 3.05) is 43.1 Å². The van der Waals surface area contributed by atoms with Gasteiger partial charge in [-0.25, -0.2) is 14.0 Å². The number of urea groups is 1. The molecule has 0 spiro atoms. The van der Waals surface area contributed by atoms with Gasteiger partial charge >= 0.3 is 12.1 Å². The number of para-hydroxylation sites is 2. The highest BCUT2D eigenvalue weighted by Crippen LogP contribution is 2.23. The topological polar surface area (TPSA) is 116 Å². The smallest absolute Gasteiger partial charge is 0.412 e. The number of rotatable bonds is 12. The summed E-state index contributed by atoms with van der Waals surface area (Å²) in [7, 11) is 4.05. The Labute approximate surface area is 252 Å². The molecule has 0 aliphatic heterocycles. The predicted octanol–water partition coefficient (Wildman–Crippen LogP) is 6.59. The molecular weight excluding hydrogens is 551 g/mol. The van der Waals surface area contributed by atoms with Gasteiger partial charge in [0.25, 0.3) is 5.91 Å². The number of nitrogens with zero attached hydrogens (tertiary/aromatic N) is 3. The molecule has 2 aromatic carbocycles. The number of carbonyl (C=O) groups is 3. The average molecular weight is 593 g/mol. The van der Waals surface area contributed by atoms with Crippen LogP contribution in [-0.2, 0) is 11.3 Å². The molecule has 1 heterocycles. The van der Waals surface area contributed by atoms with E-state index in [0.717, 1.165) is 31.4 Å². The first-order chi connectivity index (χ1) is 20.4. The molecule has 0 saturated heterocycles. The molecule has 0 atom stereocenters. The maximum Gasteiger partial charge on any atom is 0.412 e. The lowest BCUT2D eigenvalue weighted by molar-refractivity contribution is 0.0635. The molecule has 4 amide bonds. The van der Waals surface area contributed by atoms with Gasteiger partial charge in [0.2, 0.25) is 0 Å². The number of ether oxygens (including phenoxy) is 1. The van der Waals surface area contributed by atoms with Gasteiger partial charge in [-0.05, 0) is 96.2 Å². The number of carbonyl (C=O) groups excluding carboxylic acids is 3. The second-order valence-electron chi connectivity index (χ2n) is 11.4. The summed E-state index contributed by atoms with van der Waals surface area (Å²) in [5, 5.41) is 8.19. The second-order valence-corrected chi connectivity index (χ2v) is 11.4. The maximum absolute atomic E-state index is 13.7. The van der Waals surface area contributed by atoms with Gasteiger partial charge in [-0.1, -0.05) is 30.7 Å². The van der Waals surface area contributed by atoms with Crippen LogP contribution in [0.4, 0.5) is 31.0 Å². The van der Waals surface area contributed by atoms with Crippen molar-refractivity contribution >= 4 is 35.1 Å². The third-order valence-corrected chi connectivity index (χ3v) is 6.14. The zero-order chi connectivity index (χ0) is 31.4. The highest BCUT2D eigenvalue weighted by Gasteiger charge is 2.19. The van der Waals surface area contributed by atoms with Crippen molar-refractivity contribution in [3.8, 4) is 0 Å². The van der Waals surface area contributed by atoms with Crippen molar-refractivity contribution in [3.05, 3.63) is 83.9 Å². The van der Waals surface area contributed by atoms with Crippen LogP contribution in [0.3, 0.4) is 0 Å². The molecule has 10 nitrogen and oxygen atoms in total. The highest BCUT2D eigenvalue weighted by atomic mass is 19.1. The van der Waals surface area contributed by atoms with E-state index in [2.05, 4.69) is 25.8 Å². The minimum Gasteiger partial charge on any atom is -0.444 e. The Morgan fingerprint density at radius 2 is 1.56 bits per heavy atom. The summed E-state index contributed by atoms with van der Waals surface area (Å²) < 4.78 is 19.0. The van der Waals surface area contributed by atoms with Crippen LogP contribution in [0.15, 0.2) is 66.9 Å². The Bertz CT molecular complexity index is 1370. The van der Waals surface area contributed by atoms with Gasteiger partial charge in [0.15, 0.2) is 0 Å². The van der Waals surface area contributed by atoms with E-state index in [-0.39, 0.29) is 18.3 Å². The molecule has 3 aromatic rings. The predicted molar refractivity (Wildman–Crippen MR) is 167 cm³/mol. The third-order valence-electron chi connectivity index (χ3n) is 6.14. The lowest BCUT2D eigenvalue weighted by Gasteiger charge is -2.23. The molecule has 0 fully saturated rings. The highest BCUT2D eigenvalue weighted by molar-refractivity contribution is 6.05. The van der Waals surface area contributed by atoms with E-state index in [9.17, 15) is 18.8 Å². The Balaban J connectivity index is 1.66. The molecule has 43 heavy (non-hydrogen) atoms. The van der Waals surface area contributed by atoms with E-state index < -0.39 is 23.4 Å². The Hall–Kier alpha value is -4.51. The lowest BCUT2D eigenvalue weighted by atomic mass is 10.2. The van der Waals surface area contributed by atoms with Crippen LogP contribution >= 0.6 is 0 Å². The van der Waals surface area contributed by atoms with Crippen LogP contribution in [0.5, 0.6) is 0 Å². The maximum atomic E-state index is 13.7. The van der Waals surface area contributed by atoms with Crippen molar-refractivity contribution in [3.63, 3.8) is 0 Å². The number of unbranched alkanes of at least 4 members (excludes halogenated alkanes) is 2. The lowest BCUT2D eigenvalue weighted by Crippen LogP contribution is -2.35. The monoisotopic (exact) mass is 592 g/mol. The summed E-state index contributed by atoms with van der Waals surface area (Å²) in [5.41, 5.74) is 1.36. The van der Waals surface area contributed by atoms with E-state index in [1.807, 2.05) is 14.1 Å². The fraction of sp³-hybridized carbons (Fsp3) is 0.375. The van der Waals surface area contributed by atoms with Crippen molar-refractivity contribution < 1.29 is 23.5 Å². The summed E-state index contributed by atoms with van der Waals surface area (Å²) >= 11 is 0. The number of pyridine rings is 1. The first kappa shape index (κ1) is 33.0. The molecule has 0 aliphatic rings. The third kappa shape index (κ3) is 11.7. The number of benzene rings is 2. The van der Waals surface area contributed by atoms with Crippen LogP contribution in [0.25, 0.3) is 0 Å². The Morgan fingerprint density at radius 3 is 2.19 bits per heavy atom. The summed E-state index contributed by atoms with van der Waals surface area (Å²) in [6.07, 6.45) is 3.67. The van der Waals surface area contributed by atoms with Crippen LogP contribution in [0.2, 0.25) is 0 Å². The molecular formula is C32H41FN6O4. The standard InChI is InChI=1S/C32H41FN6O4/c1-32(2,3)43-31(42)37-27-15-8-7-14-26(27)36-29(40)28-17-16-23(21-34-28)22-39(19-10-6-9-18-38(4)5)30(41)35-25-13-11-12-24(33)20-25/h7-8,11-17,20-21H,6,9-10,18-19,22H2,1-5H3,(H,35,41)(H,36,40)(H,37,42). The number of hydrogen-bond donors (Lipinski definition) is 3. The fourth-order valence-corrected chi connectivity index (χ4v) is 4.10. The van der Waals surface area contributed by atoms with Crippen molar-refractivity contribution in [1.29, 1.82) is 0 Å². The molecule has 0 aliphatic carbocycles. The number of amides is 4. The van der Waals surface area contributed by atoms with Gasteiger partial charge in [-0.15, -0.1) is 0 Å². The molecule has 11 heteroatoms. The summed E-state index contributed by atoms with van der Waals surface area (Å²) in [6, 6.07) is 15.5. The zero-order valence-corrected chi connectivity index (χ0v) is 25.4. The van der Waals surface area contributed by atoms with Crippen LogP contribution in [-0.4, -0.2) is 65.6 Å². The molecule has 1 aromatic heterocycles. The van der Waals surface area contributed by atoms with Gasteiger partial charge in [0.05, 0.1) is 11.4 Å². The molecule has 0 unspecified atom stereocenters. The van der Waals surface area contributed by atoms with Crippen LogP contribution in [0, 0.1) is 5.82 Å². The number of halogens is 1. The quantitative estimate of drug-likeness (QED) is 0.205. The van der Waals surface area contributed by atoms with Gasteiger partial charge in [0.1, 0.15) is 17.1 Å². The van der Waals surface area contributed by atoms with Crippen LogP contribution in [0.1, 0.15) is 56.1 Å². The number of anilines is 3. The zero-order valence-electron chi connectivity index (χ0n) is 25.4. The van der Waals surface area contributed by atoms with E-state index in [4.69, 9.17) is 4.74 Å². The second kappa shape index (κ2) is 15.6. The fourth-order valence-electron chi connectivity index (χ4n) is 4.10. The molecule has 0 bridgehead atoms. The van der Waals surface area contributed by atoms with E-state index in [1.165, 1.54) is 18.2 Å². The van der Waals surface area contributed by atoms with Crippen molar-refractivity contribution in [2.24, 2.45) is 0 Å². The first-order valence-electron chi connectivity index (χ1n) is 14.2. The summed E-state index contributed by atoms with van der Waals surface area (Å²) in [4.78, 5) is 46.4. The number of nitrogens with one attached hydrogen (secondary N) is 3. The Kier molecular flexibility index (Phi) is 12.0. The average Bonchev–Trinajstić information content (AvgIpc) is 2.92. The van der Waals surface area contributed by atoms with Crippen molar-refractivity contribution in [2.45, 2.75) is 52.2 Å². The normalized spacial score (nSPS) is 11.1. The van der Waals surface area contributed by atoms with E-state index in [0.29, 0.717) is 23.6 Å². The molecule has 3 N–H and O–H groups in total. The molecule has 0 saturated carbocycles. The van der Waals surface area contributed by atoms with Gasteiger partial charge in [0, 0.05) is 25.0 Å². The van der Waals surface area contributed by atoms with E-state index in [1.54, 1.807) is 74.3 Å². The van der Waals surface area contributed by atoms with E-state index >= 15 is 0 Å². The van der Waals surface area contributed by atoms with Gasteiger partial charge in [-0.3, -0.25) is 15.1 Å². The SMILES string of the molecule is CN(C)CCCCCN(Cc1ccc(C(=O)Nc2ccccc2NC(=O)OC(C)(C)C)nc1)C(=O)Nc1cccc(F)c1. The molecule has 3 rings (SSSR count). The van der Waals surface area contributed by atoms with Gasteiger partial charge < -0.3 is 25.2 Å². The minimum atomic E-state index is -0.671. The minimum absolute atomic E-state index is 0.162. The number of hydrogen-bond acceptors (Lipinski definition) is 6. The largest absolute Gasteiger partial charge is 0.444 e. The van der Waals surface area contributed by atoms with Gasteiger partial charge in [-0.2, -0.15) is 0 Å². The Morgan fingerprint density at radius 1 is 0.860 bits per heavy atom. The molecule has 230 valence electrons.